The van der Waals surface area contributed by atoms with Crippen LogP contribution in [-0.4, -0.2) is 0 Å². The average Bonchev–Trinajstić information content (AvgIpc) is 3.72. The lowest BCUT2D eigenvalue weighted by molar-refractivity contribution is 0.666. The number of fused-ring (bicyclic) bond motifs is 6. The summed E-state index contributed by atoms with van der Waals surface area (Å²) in [6.07, 6.45) is 5.25. The molecule has 0 N–H and O–H groups in total. The van der Waals surface area contributed by atoms with Crippen molar-refractivity contribution in [1.29, 1.82) is 0 Å². The summed E-state index contributed by atoms with van der Waals surface area (Å²) >= 11 is 0. The van der Waals surface area contributed by atoms with Gasteiger partial charge in [-0.05, 0) is 60.7 Å². The lowest BCUT2D eigenvalue weighted by Crippen LogP contribution is -2.10. The van der Waals surface area contributed by atoms with Crippen LogP contribution in [0.15, 0.2) is 118 Å². The van der Waals surface area contributed by atoms with Crippen LogP contribution in [0.4, 0.5) is 17.1 Å². The first kappa shape index (κ1) is 21.6. The summed E-state index contributed by atoms with van der Waals surface area (Å²) in [5.74, 6) is 0.676. The molecular formula is C35H27NO2. The normalized spacial score (nSPS) is 14.3. The second kappa shape index (κ2) is 8.53. The number of rotatable bonds is 4. The van der Waals surface area contributed by atoms with Gasteiger partial charge < -0.3 is 13.7 Å². The fraction of sp³-hybridized carbons (Fsp3) is 0.143. The van der Waals surface area contributed by atoms with E-state index in [0.717, 1.165) is 60.9 Å². The summed E-state index contributed by atoms with van der Waals surface area (Å²) in [6, 6.07) is 38.5. The van der Waals surface area contributed by atoms with Crippen LogP contribution in [0.5, 0.6) is 0 Å². The second-order valence-electron chi connectivity index (χ2n) is 10.4. The third-order valence-corrected chi connectivity index (χ3v) is 8.23. The zero-order chi connectivity index (χ0) is 25.1. The fourth-order valence-electron chi connectivity index (χ4n) is 6.38. The van der Waals surface area contributed by atoms with Crippen molar-refractivity contribution >= 4 is 60.9 Å². The van der Waals surface area contributed by atoms with Gasteiger partial charge in [0.2, 0.25) is 0 Å². The molecule has 0 unspecified atom stereocenters. The molecule has 3 heteroatoms. The molecule has 1 aliphatic carbocycles. The van der Waals surface area contributed by atoms with Crippen molar-refractivity contribution < 1.29 is 8.83 Å². The number of benzene rings is 5. The van der Waals surface area contributed by atoms with E-state index in [4.69, 9.17) is 8.83 Å². The lowest BCUT2D eigenvalue weighted by atomic mass is 9.97. The highest BCUT2D eigenvalue weighted by Gasteiger charge is 2.24. The number of nitrogens with zero attached hydrogens (tertiary/aromatic N) is 1. The van der Waals surface area contributed by atoms with E-state index < -0.39 is 0 Å². The highest BCUT2D eigenvalue weighted by atomic mass is 16.3. The number of hydrogen-bond acceptors (Lipinski definition) is 3. The molecule has 5 aromatic carbocycles. The maximum Gasteiger partial charge on any atom is 0.159 e. The van der Waals surface area contributed by atoms with Crippen LogP contribution >= 0.6 is 0 Å². The van der Waals surface area contributed by atoms with E-state index in [1.54, 1.807) is 0 Å². The number of hydrogen-bond donors (Lipinski definition) is 0. The van der Waals surface area contributed by atoms with Crippen LogP contribution in [0.1, 0.15) is 37.2 Å². The summed E-state index contributed by atoms with van der Waals surface area (Å²) in [7, 11) is 0. The molecule has 0 radical (unpaired) electrons. The molecule has 1 fully saturated rings. The molecule has 0 amide bonds. The zero-order valence-corrected chi connectivity index (χ0v) is 21.1. The van der Waals surface area contributed by atoms with Crippen molar-refractivity contribution in [3.05, 3.63) is 115 Å². The number of furan rings is 2. The van der Waals surface area contributed by atoms with Crippen LogP contribution < -0.4 is 4.90 Å². The summed E-state index contributed by atoms with van der Waals surface area (Å²) in [6.45, 7) is 0. The van der Waals surface area contributed by atoms with Crippen molar-refractivity contribution in [2.24, 2.45) is 0 Å². The summed E-state index contributed by atoms with van der Waals surface area (Å²) in [5.41, 5.74) is 8.08. The zero-order valence-electron chi connectivity index (χ0n) is 21.1. The minimum atomic E-state index is 0.676. The molecule has 184 valence electrons. The van der Waals surface area contributed by atoms with Gasteiger partial charge in [0.1, 0.15) is 11.2 Å². The van der Waals surface area contributed by atoms with Gasteiger partial charge in [-0.1, -0.05) is 85.6 Å². The van der Waals surface area contributed by atoms with Gasteiger partial charge in [-0.15, -0.1) is 0 Å². The Kier molecular flexibility index (Phi) is 4.84. The van der Waals surface area contributed by atoms with E-state index in [2.05, 4.69) is 89.8 Å². The second-order valence-corrected chi connectivity index (χ2v) is 10.4. The SMILES string of the molecule is c1ccc2c(c1)oc1c(N(c3ccc(C4CCCC4)cc3)c3cccc4c3oc3ccccc34)cccc12. The van der Waals surface area contributed by atoms with Gasteiger partial charge in [0, 0.05) is 27.2 Å². The van der Waals surface area contributed by atoms with E-state index >= 15 is 0 Å². The smallest absolute Gasteiger partial charge is 0.159 e. The first-order valence-corrected chi connectivity index (χ1v) is 13.6. The van der Waals surface area contributed by atoms with E-state index in [-0.39, 0.29) is 0 Å². The van der Waals surface area contributed by atoms with Crippen molar-refractivity contribution in [1.82, 2.24) is 0 Å². The molecule has 3 nitrogen and oxygen atoms in total. The molecule has 2 heterocycles. The van der Waals surface area contributed by atoms with E-state index in [9.17, 15) is 0 Å². The predicted octanol–water partition coefficient (Wildman–Crippen LogP) is 10.6. The fourth-order valence-corrected chi connectivity index (χ4v) is 6.38. The van der Waals surface area contributed by atoms with Crippen LogP contribution in [0.2, 0.25) is 0 Å². The average molecular weight is 494 g/mol. The molecule has 0 saturated heterocycles. The number of anilines is 3. The van der Waals surface area contributed by atoms with Gasteiger partial charge in [0.15, 0.2) is 11.2 Å². The quantitative estimate of drug-likeness (QED) is 0.244. The van der Waals surface area contributed by atoms with Gasteiger partial charge >= 0.3 is 0 Å². The van der Waals surface area contributed by atoms with Crippen molar-refractivity contribution in [3.63, 3.8) is 0 Å². The minimum absolute atomic E-state index is 0.676. The van der Waals surface area contributed by atoms with Crippen LogP contribution in [0.3, 0.4) is 0 Å². The van der Waals surface area contributed by atoms with Gasteiger partial charge in [-0.25, -0.2) is 0 Å². The molecule has 1 saturated carbocycles. The Morgan fingerprint density at radius 2 is 1.00 bits per heavy atom. The van der Waals surface area contributed by atoms with Crippen molar-refractivity contribution in [2.75, 3.05) is 4.90 Å². The Labute approximate surface area is 220 Å². The summed E-state index contributed by atoms with van der Waals surface area (Å²) < 4.78 is 13.0. The van der Waals surface area contributed by atoms with Crippen LogP contribution in [0, 0.1) is 0 Å². The highest BCUT2D eigenvalue weighted by molar-refractivity contribution is 6.13. The summed E-state index contributed by atoms with van der Waals surface area (Å²) in [5, 5.41) is 4.48. The molecule has 8 rings (SSSR count). The standard InChI is InChI=1S/C35H27NO2/c1-2-10-23(9-1)24-19-21-25(22-20-24)36(30-15-7-13-28-26-11-3-5-17-32(26)37-34(28)30)31-16-8-14-29-27-12-4-6-18-33(27)38-35(29)31/h3-8,11-23H,1-2,9-10H2. The van der Waals surface area contributed by atoms with Crippen molar-refractivity contribution in [3.8, 4) is 0 Å². The van der Waals surface area contributed by atoms with E-state index in [1.807, 2.05) is 24.3 Å². The van der Waals surface area contributed by atoms with Crippen LogP contribution in [0.25, 0.3) is 43.9 Å². The molecule has 38 heavy (non-hydrogen) atoms. The molecule has 1 aliphatic rings. The summed E-state index contributed by atoms with van der Waals surface area (Å²) in [4.78, 5) is 2.30. The van der Waals surface area contributed by atoms with Gasteiger partial charge in [-0.2, -0.15) is 0 Å². The van der Waals surface area contributed by atoms with E-state index in [0.29, 0.717) is 5.92 Å². The monoisotopic (exact) mass is 493 g/mol. The van der Waals surface area contributed by atoms with Gasteiger partial charge in [0.05, 0.1) is 11.4 Å². The van der Waals surface area contributed by atoms with E-state index in [1.165, 1.54) is 31.2 Å². The predicted molar refractivity (Wildman–Crippen MR) is 157 cm³/mol. The Morgan fingerprint density at radius 1 is 0.500 bits per heavy atom. The Balaban J connectivity index is 1.39. The maximum absolute atomic E-state index is 6.51. The topological polar surface area (TPSA) is 29.5 Å². The third-order valence-electron chi connectivity index (χ3n) is 8.23. The Bertz CT molecular complexity index is 1820. The van der Waals surface area contributed by atoms with Crippen LogP contribution in [-0.2, 0) is 0 Å². The molecule has 0 aliphatic heterocycles. The van der Waals surface area contributed by atoms with Gasteiger partial charge in [0.25, 0.3) is 0 Å². The van der Waals surface area contributed by atoms with Crippen molar-refractivity contribution in [2.45, 2.75) is 31.6 Å². The molecule has 0 atom stereocenters. The molecule has 2 aromatic heterocycles. The first-order valence-electron chi connectivity index (χ1n) is 13.6. The molecule has 0 bridgehead atoms. The highest BCUT2D eigenvalue weighted by Crippen LogP contribution is 2.46. The third kappa shape index (κ3) is 3.28. The largest absolute Gasteiger partial charge is 0.454 e. The minimum Gasteiger partial charge on any atom is -0.454 e. The Morgan fingerprint density at radius 3 is 1.55 bits per heavy atom. The molecular weight excluding hydrogens is 466 g/mol. The Hall–Kier alpha value is -4.50. The maximum atomic E-state index is 6.51. The first-order chi connectivity index (χ1) is 18.8. The van der Waals surface area contributed by atoms with Gasteiger partial charge in [-0.3, -0.25) is 0 Å². The molecule has 0 spiro atoms. The molecule has 7 aromatic rings. The number of para-hydroxylation sites is 4. The lowest BCUT2D eigenvalue weighted by Gasteiger charge is -2.26.